The average molecular weight is 556 g/mol. The molecule has 0 saturated carbocycles. The smallest absolute Gasteiger partial charge is 0.337 e. The Kier molecular flexibility index (Phi) is 9.19. The van der Waals surface area contributed by atoms with E-state index in [2.05, 4.69) is 10.6 Å². The summed E-state index contributed by atoms with van der Waals surface area (Å²) in [5.41, 5.74) is -2.38. The lowest BCUT2D eigenvalue weighted by Gasteiger charge is -2.26. The molecule has 2 atom stereocenters. The molecule has 198 valence electrons. The SMILES string of the molecule is CCCNC1CCN(Cc2cc(C(F)(F)F)cc(C(F)(F)F)c2)C(=O)C(Cc2ccc(Cl)c(Cl)c2)N1. The molecule has 36 heavy (non-hydrogen) atoms. The average Bonchev–Trinajstić information content (AvgIpc) is 2.93. The van der Waals surface area contributed by atoms with E-state index in [4.69, 9.17) is 23.2 Å². The number of benzene rings is 2. The normalized spacial score (nSPS) is 19.5. The summed E-state index contributed by atoms with van der Waals surface area (Å²) in [6, 6.07) is 5.51. The second-order valence-electron chi connectivity index (χ2n) is 8.64. The van der Waals surface area contributed by atoms with Gasteiger partial charge in [-0.1, -0.05) is 36.2 Å². The third kappa shape index (κ3) is 7.50. The van der Waals surface area contributed by atoms with Gasteiger partial charge in [0.1, 0.15) is 0 Å². The van der Waals surface area contributed by atoms with Crippen molar-refractivity contribution in [3.63, 3.8) is 0 Å². The van der Waals surface area contributed by atoms with Crippen LogP contribution in [0.5, 0.6) is 0 Å². The molecule has 3 rings (SSSR count). The summed E-state index contributed by atoms with van der Waals surface area (Å²) in [7, 11) is 0. The molecular formula is C24H25Cl2F6N3O. The molecule has 2 aromatic carbocycles. The Bertz CT molecular complexity index is 1040. The van der Waals surface area contributed by atoms with Crippen molar-refractivity contribution in [1.82, 2.24) is 15.5 Å². The van der Waals surface area contributed by atoms with E-state index >= 15 is 0 Å². The minimum absolute atomic E-state index is 0.0765. The van der Waals surface area contributed by atoms with Crippen molar-refractivity contribution in [2.75, 3.05) is 13.1 Å². The van der Waals surface area contributed by atoms with Crippen molar-refractivity contribution >= 4 is 29.1 Å². The molecule has 1 amide bonds. The third-order valence-corrected chi connectivity index (χ3v) is 6.52. The van der Waals surface area contributed by atoms with Crippen molar-refractivity contribution in [3.8, 4) is 0 Å². The number of alkyl halides is 6. The highest BCUT2D eigenvalue weighted by atomic mass is 35.5. The van der Waals surface area contributed by atoms with Gasteiger partial charge in [-0.05, 0) is 67.3 Å². The van der Waals surface area contributed by atoms with Gasteiger partial charge in [0.25, 0.3) is 0 Å². The standard InChI is InChI=1S/C24H25Cl2F6N3O/c1-2-6-33-21-5-7-35(22(36)20(34-21)11-14-3-4-18(25)19(26)10-14)13-15-8-16(23(27,28)29)12-17(9-15)24(30,31)32/h3-4,8-10,12,20-21,33-34H,2,5-7,11,13H2,1H3. The Hall–Kier alpha value is -2.01. The van der Waals surface area contributed by atoms with Crippen LogP contribution in [0.15, 0.2) is 36.4 Å². The fourth-order valence-electron chi connectivity index (χ4n) is 4.03. The minimum atomic E-state index is -4.97. The monoisotopic (exact) mass is 555 g/mol. The Morgan fingerprint density at radius 1 is 0.972 bits per heavy atom. The zero-order valence-corrected chi connectivity index (χ0v) is 20.8. The highest BCUT2D eigenvalue weighted by molar-refractivity contribution is 6.42. The van der Waals surface area contributed by atoms with Gasteiger partial charge >= 0.3 is 12.4 Å². The summed E-state index contributed by atoms with van der Waals surface area (Å²) >= 11 is 12.1. The molecule has 2 N–H and O–H groups in total. The van der Waals surface area contributed by atoms with Crippen LogP contribution in [0.25, 0.3) is 0 Å². The van der Waals surface area contributed by atoms with Crippen molar-refractivity contribution in [2.45, 2.75) is 57.3 Å². The number of nitrogens with zero attached hydrogens (tertiary/aromatic N) is 1. The van der Waals surface area contributed by atoms with Gasteiger partial charge in [-0.2, -0.15) is 26.3 Å². The summed E-state index contributed by atoms with van der Waals surface area (Å²) in [4.78, 5) is 14.7. The van der Waals surface area contributed by atoms with E-state index in [-0.39, 0.29) is 30.8 Å². The van der Waals surface area contributed by atoms with Crippen LogP contribution in [0.2, 0.25) is 10.0 Å². The molecule has 12 heteroatoms. The van der Waals surface area contributed by atoms with E-state index in [0.29, 0.717) is 40.7 Å². The van der Waals surface area contributed by atoms with Gasteiger partial charge in [0, 0.05) is 13.1 Å². The Labute approximate surface area is 214 Å². The van der Waals surface area contributed by atoms with Crippen LogP contribution in [-0.2, 0) is 30.1 Å². The molecule has 1 aliphatic rings. The Balaban J connectivity index is 1.91. The maximum atomic E-state index is 13.4. The van der Waals surface area contributed by atoms with Crippen molar-refractivity contribution in [2.24, 2.45) is 0 Å². The fraction of sp³-hybridized carbons (Fsp3) is 0.458. The van der Waals surface area contributed by atoms with E-state index in [9.17, 15) is 31.1 Å². The van der Waals surface area contributed by atoms with Crippen molar-refractivity contribution in [1.29, 1.82) is 0 Å². The van der Waals surface area contributed by atoms with Gasteiger partial charge in [0.2, 0.25) is 5.91 Å². The molecule has 1 saturated heterocycles. The first-order valence-corrected chi connectivity index (χ1v) is 12.0. The van der Waals surface area contributed by atoms with E-state index in [1.807, 2.05) is 6.92 Å². The molecule has 1 aliphatic heterocycles. The van der Waals surface area contributed by atoms with E-state index < -0.39 is 42.0 Å². The number of hydrogen-bond donors (Lipinski definition) is 2. The van der Waals surface area contributed by atoms with Crippen LogP contribution < -0.4 is 10.6 Å². The van der Waals surface area contributed by atoms with Crippen molar-refractivity contribution < 1.29 is 31.1 Å². The number of carbonyl (C=O) groups is 1. The predicted octanol–water partition coefficient (Wildman–Crippen LogP) is 6.29. The molecule has 0 spiro atoms. The molecule has 1 fully saturated rings. The number of carbonyl (C=O) groups excluding carboxylic acids is 1. The summed E-state index contributed by atoms with van der Waals surface area (Å²) in [5, 5.41) is 7.15. The van der Waals surface area contributed by atoms with Gasteiger partial charge in [-0.3, -0.25) is 10.1 Å². The number of amides is 1. The largest absolute Gasteiger partial charge is 0.416 e. The van der Waals surface area contributed by atoms with Crippen LogP contribution in [0, 0.1) is 0 Å². The Morgan fingerprint density at radius 2 is 1.61 bits per heavy atom. The number of halogens is 8. The van der Waals surface area contributed by atoms with Gasteiger partial charge in [0.05, 0.1) is 33.4 Å². The van der Waals surface area contributed by atoms with Crippen LogP contribution in [0.3, 0.4) is 0 Å². The summed E-state index contributed by atoms with van der Waals surface area (Å²) in [5.74, 6) is -0.437. The van der Waals surface area contributed by atoms with Crippen LogP contribution in [-0.4, -0.2) is 36.1 Å². The maximum absolute atomic E-state index is 13.4. The highest BCUT2D eigenvalue weighted by Crippen LogP contribution is 2.36. The minimum Gasteiger partial charge on any atom is -0.337 e. The first-order valence-electron chi connectivity index (χ1n) is 11.3. The molecule has 2 aromatic rings. The highest BCUT2D eigenvalue weighted by Gasteiger charge is 2.38. The zero-order chi connectivity index (χ0) is 26.7. The van der Waals surface area contributed by atoms with Crippen molar-refractivity contribution in [3.05, 3.63) is 68.7 Å². The molecular weight excluding hydrogens is 531 g/mol. The first kappa shape index (κ1) is 28.6. The second-order valence-corrected chi connectivity index (χ2v) is 9.46. The van der Waals surface area contributed by atoms with Crippen LogP contribution >= 0.6 is 23.2 Å². The molecule has 0 aromatic heterocycles. The lowest BCUT2D eigenvalue weighted by molar-refractivity contribution is -0.143. The van der Waals surface area contributed by atoms with Gasteiger partial charge in [0.15, 0.2) is 0 Å². The van der Waals surface area contributed by atoms with Gasteiger partial charge in [-0.25, -0.2) is 0 Å². The molecule has 2 unspecified atom stereocenters. The second kappa shape index (κ2) is 11.6. The molecule has 0 aliphatic carbocycles. The van der Waals surface area contributed by atoms with Gasteiger partial charge in [-0.15, -0.1) is 0 Å². The fourth-order valence-corrected chi connectivity index (χ4v) is 4.35. The number of hydrogen-bond acceptors (Lipinski definition) is 3. The van der Waals surface area contributed by atoms with E-state index in [0.717, 1.165) is 6.42 Å². The Morgan fingerprint density at radius 3 is 2.17 bits per heavy atom. The molecule has 4 nitrogen and oxygen atoms in total. The topological polar surface area (TPSA) is 44.4 Å². The van der Waals surface area contributed by atoms with E-state index in [1.165, 1.54) is 4.90 Å². The predicted molar refractivity (Wildman–Crippen MR) is 126 cm³/mol. The maximum Gasteiger partial charge on any atom is 0.416 e. The third-order valence-electron chi connectivity index (χ3n) is 5.79. The number of nitrogens with one attached hydrogen (secondary N) is 2. The van der Waals surface area contributed by atoms with Crippen LogP contribution in [0.1, 0.15) is 42.0 Å². The number of rotatable bonds is 7. The summed E-state index contributed by atoms with van der Waals surface area (Å²) in [6.45, 7) is 2.38. The molecule has 1 heterocycles. The lowest BCUT2D eigenvalue weighted by atomic mass is 10.0. The zero-order valence-electron chi connectivity index (χ0n) is 19.2. The van der Waals surface area contributed by atoms with E-state index in [1.54, 1.807) is 18.2 Å². The summed E-state index contributed by atoms with van der Waals surface area (Å²) in [6.07, 6.45) is -8.77. The van der Waals surface area contributed by atoms with Crippen LogP contribution in [0.4, 0.5) is 26.3 Å². The van der Waals surface area contributed by atoms with Gasteiger partial charge < -0.3 is 10.2 Å². The molecule has 0 radical (unpaired) electrons. The lowest BCUT2D eigenvalue weighted by Crippen LogP contribution is -2.51. The first-order chi connectivity index (χ1) is 16.8. The quantitative estimate of drug-likeness (QED) is 0.394. The molecule has 0 bridgehead atoms. The summed E-state index contributed by atoms with van der Waals surface area (Å²) < 4.78 is 79.8.